The molecule has 0 aliphatic rings. The van der Waals surface area contributed by atoms with Crippen molar-refractivity contribution in [2.24, 2.45) is 5.73 Å². The number of benzene rings is 1. The molecule has 0 bridgehead atoms. The topological polar surface area (TPSA) is 44.5 Å². The number of methoxy groups -OCH3 is 1. The summed E-state index contributed by atoms with van der Waals surface area (Å²) in [5.41, 5.74) is 6.95. The van der Waals surface area contributed by atoms with Crippen molar-refractivity contribution in [3.05, 3.63) is 35.9 Å². The van der Waals surface area contributed by atoms with Crippen molar-refractivity contribution in [2.45, 2.75) is 19.1 Å². The molecule has 0 heterocycles. The van der Waals surface area contributed by atoms with Crippen LogP contribution in [0.3, 0.4) is 0 Å². The van der Waals surface area contributed by atoms with Gasteiger partial charge in [0.1, 0.15) is 0 Å². The fraction of sp³-hybridized carbons (Fsp3) is 0.500. The molecule has 0 saturated carbocycles. The van der Waals surface area contributed by atoms with Crippen LogP contribution in [-0.4, -0.2) is 26.4 Å². The van der Waals surface area contributed by atoms with E-state index in [2.05, 4.69) is 12.1 Å². The highest BCUT2D eigenvalue weighted by Crippen LogP contribution is 2.01. The molecular formula is C12H19NO2. The van der Waals surface area contributed by atoms with Crippen LogP contribution in [-0.2, 0) is 16.1 Å². The molecule has 0 saturated heterocycles. The van der Waals surface area contributed by atoms with Gasteiger partial charge < -0.3 is 15.2 Å². The summed E-state index contributed by atoms with van der Waals surface area (Å²) in [6.45, 7) is 1.93. The van der Waals surface area contributed by atoms with Crippen LogP contribution >= 0.6 is 0 Å². The minimum absolute atomic E-state index is 0.0748. The Labute approximate surface area is 91.2 Å². The number of rotatable bonds is 7. The summed E-state index contributed by atoms with van der Waals surface area (Å²) in [6, 6.07) is 10.2. The molecule has 0 unspecified atom stereocenters. The van der Waals surface area contributed by atoms with Gasteiger partial charge >= 0.3 is 0 Å². The zero-order valence-corrected chi connectivity index (χ0v) is 9.19. The lowest BCUT2D eigenvalue weighted by Crippen LogP contribution is -2.27. The van der Waals surface area contributed by atoms with E-state index in [0.717, 1.165) is 6.42 Å². The molecule has 1 aromatic rings. The second-order valence-electron chi connectivity index (χ2n) is 3.54. The van der Waals surface area contributed by atoms with Crippen molar-refractivity contribution >= 4 is 0 Å². The standard InChI is InChI=1S/C12H19NO2/c1-14-10-12(13)7-8-15-9-11-5-3-2-4-6-11/h2-6,12H,7-10,13H2,1H3/t12-/m0/s1. The molecule has 15 heavy (non-hydrogen) atoms. The van der Waals surface area contributed by atoms with Crippen molar-refractivity contribution in [3.8, 4) is 0 Å². The lowest BCUT2D eigenvalue weighted by molar-refractivity contribution is 0.101. The largest absolute Gasteiger partial charge is 0.383 e. The summed E-state index contributed by atoms with van der Waals surface area (Å²) in [5.74, 6) is 0. The van der Waals surface area contributed by atoms with E-state index >= 15 is 0 Å². The average Bonchev–Trinajstić information content (AvgIpc) is 2.26. The van der Waals surface area contributed by atoms with Gasteiger partial charge in [0.25, 0.3) is 0 Å². The number of hydrogen-bond acceptors (Lipinski definition) is 3. The van der Waals surface area contributed by atoms with Gasteiger partial charge in [-0.05, 0) is 12.0 Å². The highest BCUT2D eigenvalue weighted by Gasteiger charge is 2.00. The minimum Gasteiger partial charge on any atom is -0.383 e. The SMILES string of the molecule is COC[C@@H](N)CCOCc1ccccc1. The molecule has 3 heteroatoms. The first-order chi connectivity index (χ1) is 7.33. The van der Waals surface area contributed by atoms with Crippen molar-refractivity contribution in [1.29, 1.82) is 0 Å². The Morgan fingerprint density at radius 3 is 2.67 bits per heavy atom. The van der Waals surface area contributed by atoms with E-state index < -0.39 is 0 Å². The predicted molar refractivity (Wildman–Crippen MR) is 60.6 cm³/mol. The average molecular weight is 209 g/mol. The van der Waals surface area contributed by atoms with E-state index in [1.165, 1.54) is 5.56 Å². The molecule has 1 atom stereocenters. The van der Waals surface area contributed by atoms with Gasteiger partial charge in [0, 0.05) is 19.8 Å². The lowest BCUT2D eigenvalue weighted by atomic mass is 10.2. The maximum absolute atomic E-state index is 5.76. The summed E-state index contributed by atoms with van der Waals surface area (Å²) >= 11 is 0. The van der Waals surface area contributed by atoms with Crippen LogP contribution in [0.4, 0.5) is 0 Å². The van der Waals surface area contributed by atoms with Crippen LogP contribution < -0.4 is 5.73 Å². The third-order valence-electron chi connectivity index (χ3n) is 2.13. The Hall–Kier alpha value is -0.900. The zero-order chi connectivity index (χ0) is 10.9. The Balaban J connectivity index is 2.07. The first kappa shape index (κ1) is 12.2. The Kier molecular flexibility index (Phi) is 6.00. The van der Waals surface area contributed by atoms with Gasteiger partial charge in [-0.1, -0.05) is 30.3 Å². The summed E-state index contributed by atoms with van der Waals surface area (Å²) in [7, 11) is 1.66. The Bertz CT molecular complexity index is 251. The third-order valence-corrected chi connectivity index (χ3v) is 2.13. The van der Waals surface area contributed by atoms with Crippen LogP contribution in [0, 0.1) is 0 Å². The quantitative estimate of drug-likeness (QED) is 0.693. The van der Waals surface area contributed by atoms with Crippen molar-refractivity contribution in [3.63, 3.8) is 0 Å². The number of nitrogens with two attached hydrogens (primary N) is 1. The predicted octanol–water partition coefficient (Wildman–Crippen LogP) is 1.57. The molecule has 1 rings (SSSR count). The zero-order valence-electron chi connectivity index (χ0n) is 9.19. The van der Waals surface area contributed by atoms with Crippen LogP contribution in [0.25, 0.3) is 0 Å². The number of ether oxygens (including phenoxy) is 2. The smallest absolute Gasteiger partial charge is 0.0716 e. The fourth-order valence-corrected chi connectivity index (χ4v) is 1.30. The van der Waals surface area contributed by atoms with E-state index in [-0.39, 0.29) is 6.04 Å². The van der Waals surface area contributed by atoms with Crippen LogP contribution in [0.1, 0.15) is 12.0 Å². The molecule has 0 amide bonds. The van der Waals surface area contributed by atoms with Crippen molar-refractivity contribution in [2.75, 3.05) is 20.3 Å². The van der Waals surface area contributed by atoms with E-state index in [4.69, 9.17) is 15.2 Å². The van der Waals surface area contributed by atoms with E-state index in [1.807, 2.05) is 18.2 Å². The van der Waals surface area contributed by atoms with Crippen LogP contribution in [0.15, 0.2) is 30.3 Å². The van der Waals surface area contributed by atoms with Crippen molar-refractivity contribution in [1.82, 2.24) is 0 Å². The van der Waals surface area contributed by atoms with Gasteiger partial charge in [-0.25, -0.2) is 0 Å². The molecule has 0 aromatic heterocycles. The maximum Gasteiger partial charge on any atom is 0.0716 e. The molecule has 0 spiro atoms. The van der Waals surface area contributed by atoms with Gasteiger partial charge in [0.15, 0.2) is 0 Å². The van der Waals surface area contributed by atoms with Crippen molar-refractivity contribution < 1.29 is 9.47 Å². The fourth-order valence-electron chi connectivity index (χ4n) is 1.30. The molecule has 0 aliphatic heterocycles. The van der Waals surface area contributed by atoms with Gasteiger partial charge in [-0.2, -0.15) is 0 Å². The highest BCUT2D eigenvalue weighted by molar-refractivity contribution is 5.13. The summed E-state index contributed by atoms with van der Waals surface area (Å²) < 4.78 is 10.4. The van der Waals surface area contributed by atoms with Crippen LogP contribution in [0.5, 0.6) is 0 Å². The monoisotopic (exact) mass is 209 g/mol. The molecule has 84 valence electrons. The second kappa shape index (κ2) is 7.40. The molecule has 3 nitrogen and oxygen atoms in total. The molecule has 2 N–H and O–H groups in total. The van der Waals surface area contributed by atoms with Gasteiger partial charge in [0.2, 0.25) is 0 Å². The first-order valence-electron chi connectivity index (χ1n) is 5.19. The third kappa shape index (κ3) is 5.52. The summed E-state index contributed by atoms with van der Waals surface area (Å²) in [5, 5.41) is 0. The summed E-state index contributed by atoms with van der Waals surface area (Å²) in [6.07, 6.45) is 0.834. The Morgan fingerprint density at radius 2 is 2.00 bits per heavy atom. The molecule has 0 radical (unpaired) electrons. The highest BCUT2D eigenvalue weighted by atomic mass is 16.5. The Morgan fingerprint density at radius 1 is 1.27 bits per heavy atom. The molecule has 0 fully saturated rings. The number of hydrogen-bond donors (Lipinski definition) is 1. The molecular weight excluding hydrogens is 190 g/mol. The summed E-state index contributed by atoms with van der Waals surface area (Å²) in [4.78, 5) is 0. The first-order valence-corrected chi connectivity index (χ1v) is 5.19. The van der Waals surface area contributed by atoms with Crippen LogP contribution in [0.2, 0.25) is 0 Å². The minimum atomic E-state index is 0.0748. The molecule has 1 aromatic carbocycles. The van der Waals surface area contributed by atoms with E-state index in [9.17, 15) is 0 Å². The van der Waals surface area contributed by atoms with E-state index in [1.54, 1.807) is 7.11 Å². The lowest BCUT2D eigenvalue weighted by Gasteiger charge is -2.10. The van der Waals surface area contributed by atoms with E-state index in [0.29, 0.717) is 19.8 Å². The molecule has 0 aliphatic carbocycles. The van der Waals surface area contributed by atoms with Gasteiger partial charge in [-0.3, -0.25) is 0 Å². The maximum atomic E-state index is 5.76. The van der Waals surface area contributed by atoms with Gasteiger partial charge in [0.05, 0.1) is 13.2 Å². The van der Waals surface area contributed by atoms with Gasteiger partial charge in [-0.15, -0.1) is 0 Å². The second-order valence-corrected chi connectivity index (χ2v) is 3.54. The normalized spacial score (nSPS) is 12.7.